The van der Waals surface area contributed by atoms with Crippen LogP contribution in [0.25, 0.3) is 0 Å². The summed E-state index contributed by atoms with van der Waals surface area (Å²) in [6.07, 6.45) is 0. The van der Waals surface area contributed by atoms with Gasteiger partial charge in [-0.3, -0.25) is 4.79 Å². The molecule has 3 aromatic rings. The number of carbonyl (C=O) groups is 1. The van der Waals surface area contributed by atoms with Crippen molar-refractivity contribution in [3.63, 3.8) is 0 Å². The van der Waals surface area contributed by atoms with Gasteiger partial charge >= 0.3 is 0 Å². The van der Waals surface area contributed by atoms with Crippen molar-refractivity contribution in [2.45, 2.75) is 18.4 Å². The fraction of sp³-hybridized carbons (Fsp3) is 0.269. The summed E-state index contributed by atoms with van der Waals surface area (Å²) in [6.45, 7) is 5.89. The third kappa shape index (κ3) is 5.83. The van der Waals surface area contributed by atoms with Gasteiger partial charge in [0.2, 0.25) is 10.0 Å². The minimum atomic E-state index is -3.78. The average Bonchev–Trinajstić information content (AvgIpc) is 2.84. The van der Waals surface area contributed by atoms with E-state index >= 15 is 0 Å². The number of nitrogens with one attached hydrogen (secondary N) is 2. The van der Waals surface area contributed by atoms with Gasteiger partial charge < -0.3 is 15.1 Å². The number of hydrogen-bond donors (Lipinski definition) is 2. The molecule has 4 rings (SSSR count). The number of nitrogens with zero attached hydrogens (tertiary/aromatic N) is 2. The SMILES string of the molecule is Cc1ccc(C(=O)Nc2ccc(N3CCN(C)CC3)cc2)cc1S(=O)(=O)NCc1ccccc1. The van der Waals surface area contributed by atoms with Crippen molar-refractivity contribution in [3.05, 3.63) is 89.5 Å². The van der Waals surface area contributed by atoms with E-state index in [1.165, 1.54) is 6.07 Å². The van der Waals surface area contributed by atoms with E-state index in [9.17, 15) is 13.2 Å². The van der Waals surface area contributed by atoms with E-state index in [4.69, 9.17) is 0 Å². The number of hydrogen-bond acceptors (Lipinski definition) is 5. The summed E-state index contributed by atoms with van der Waals surface area (Å²) in [5.74, 6) is -0.355. The molecule has 0 spiro atoms. The molecule has 0 aliphatic carbocycles. The molecule has 1 aliphatic heterocycles. The molecule has 2 N–H and O–H groups in total. The fourth-order valence-corrected chi connectivity index (χ4v) is 5.19. The molecular formula is C26H30N4O3S. The average molecular weight is 479 g/mol. The van der Waals surface area contributed by atoms with E-state index in [1.54, 1.807) is 19.1 Å². The van der Waals surface area contributed by atoms with Crippen molar-refractivity contribution < 1.29 is 13.2 Å². The van der Waals surface area contributed by atoms with Crippen LogP contribution in [0.5, 0.6) is 0 Å². The number of carbonyl (C=O) groups excluding carboxylic acids is 1. The van der Waals surface area contributed by atoms with Gasteiger partial charge in [-0.15, -0.1) is 0 Å². The molecule has 1 amide bonds. The standard InChI is InChI=1S/C26H30N4O3S/c1-20-8-9-22(18-25(20)34(32,33)27-19-21-6-4-3-5-7-21)26(31)28-23-10-12-24(13-11-23)30-16-14-29(2)15-17-30/h3-13,18,27H,14-17,19H2,1-2H3,(H,28,31). The highest BCUT2D eigenvalue weighted by molar-refractivity contribution is 7.89. The Morgan fingerprint density at radius 3 is 2.26 bits per heavy atom. The molecule has 1 fully saturated rings. The lowest BCUT2D eigenvalue weighted by atomic mass is 10.1. The lowest BCUT2D eigenvalue weighted by Crippen LogP contribution is -2.44. The predicted molar refractivity (Wildman–Crippen MR) is 136 cm³/mol. The Balaban J connectivity index is 1.44. The molecule has 3 aromatic carbocycles. The Labute approximate surface area is 201 Å². The summed E-state index contributed by atoms with van der Waals surface area (Å²) in [5.41, 5.74) is 3.51. The highest BCUT2D eigenvalue weighted by Gasteiger charge is 2.19. The van der Waals surface area contributed by atoms with Crippen LogP contribution in [0.3, 0.4) is 0 Å². The first-order valence-electron chi connectivity index (χ1n) is 11.3. The van der Waals surface area contributed by atoms with Crippen molar-refractivity contribution >= 4 is 27.3 Å². The number of sulfonamides is 1. The highest BCUT2D eigenvalue weighted by atomic mass is 32.2. The number of piperazine rings is 1. The second-order valence-corrected chi connectivity index (χ2v) is 10.3. The van der Waals surface area contributed by atoms with Crippen molar-refractivity contribution in [1.82, 2.24) is 9.62 Å². The van der Waals surface area contributed by atoms with Crippen LogP contribution in [0.1, 0.15) is 21.5 Å². The van der Waals surface area contributed by atoms with Crippen LogP contribution < -0.4 is 14.9 Å². The first-order valence-corrected chi connectivity index (χ1v) is 12.8. The number of rotatable bonds is 7. The van der Waals surface area contributed by atoms with E-state index < -0.39 is 10.0 Å². The Bertz CT molecular complexity index is 1240. The van der Waals surface area contributed by atoms with E-state index in [0.29, 0.717) is 11.3 Å². The highest BCUT2D eigenvalue weighted by Crippen LogP contribution is 2.21. The zero-order valence-corrected chi connectivity index (χ0v) is 20.3. The minimum Gasteiger partial charge on any atom is -0.369 e. The zero-order valence-electron chi connectivity index (χ0n) is 19.5. The molecule has 0 saturated carbocycles. The Morgan fingerprint density at radius 1 is 0.912 bits per heavy atom. The molecule has 178 valence electrons. The molecule has 1 heterocycles. The number of anilines is 2. The van der Waals surface area contributed by atoms with Gasteiger partial charge in [0.25, 0.3) is 5.91 Å². The summed E-state index contributed by atoms with van der Waals surface area (Å²) in [4.78, 5) is 17.6. The molecule has 0 aromatic heterocycles. The summed E-state index contributed by atoms with van der Waals surface area (Å²) in [5, 5.41) is 2.87. The van der Waals surface area contributed by atoms with Crippen molar-refractivity contribution in [3.8, 4) is 0 Å². The van der Waals surface area contributed by atoms with Crippen molar-refractivity contribution in [2.75, 3.05) is 43.4 Å². The molecule has 0 atom stereocenters. The topological polar surface area (TPSA) is 81.8 Å². The maximum Gasteiger partial charge on any atom is 0.255 e. The first kappa shape index (κ1) is 23.9. The van der Waals surface area contributed by atoms with Crippen molar-refractivity contribution in [1.29, 1.82) is 0 Å². The Hall–Kier alpha value is -3.20. The van der Waals surface area contributed by atoms with Crippen LogP contribution in [0.15, 0.2) is 77.7 Å². The van der Waals surface area contributed by atoms with Gasteiger partial charge in [0.15, 0.2) is 0 Å². The number of aryl methyl sites for hydroxylation is 1. The van der Waals surface area contributed by atoms with Crippen LogP contribution >= 0.6 is 0 Å². The molecular weight excluding hydrogens is 448 g/mol. The van der Waals surface area contributed by atoms with Gasteiger partial charge in [-0.05, 0) is 61.5 Å². The maximum atomic E-state index is 12.9. The fourth-order valence-electron chi connectivity index (χ4n) is 3.91. The second kappa shape index (κ2) is 10.4. The third-order valence-electron chi connectivity index (χ3n) is 6.04. The third-order valence-corrected chi connectivity index (χ3v) is 7.59. The van der Waals surface area contributed by atoms with Gasteiger partial charge in [-0.2, -0.15) is 0 Å². The van der Waals surface area contributed by atoms with Gasteiger partial charge in [0.1, 0.15) is 0 Å². The maximum absolute atomic E-state index is 12.9. The summed E-state index contributed by atoms with van der Waals surface area (Å²) in [7, 11) is -1.66. The van der Waals surface area contributed by atoms with Crippen LogP contribution in [0.2, 0.25) is 0 Å². The summed E-state index contributed by atoms with van der Waals surface area (Å²) >= 11 is 0. The number of likely N-dealkylation sites (N-methyl/N-ethyl adjacent to an activating group) is 1. The normalized spacial score (nSPS) is 14.7. The van der Waals surface area contributed by atoms with Gasteiger partial charge in [-0.25, -0.2) is 13.1 Å². The zero-order chi connectivity index (χ0) is 24.1. The van der Waals surface area contributed by atoms with Crippen LogP contribution in [-0.4, -0.2) is 52.5 Å². The number of benzene rings is 3. The number of amides is 1. The largest absolute Gasteiger partial charge is 0.369 e. The monoisotopic (exact) mass is 478 g/mol. The molecule has 7 nitrogen and oxygen atoms in total. The lowest BCUT2D eigenvalue weighted by molar-refractivity contribution is 0.102. The van der Waals surface area contributed by atoms with E-state index in [0.717, 1.165) is 37.4 Å². The predicted octanol–water partition coefficient (Wildman–Crippen LogP) is 3.48. The van der Waals surface area contributed by atoms with Gasteiger partial charge in [-0.1, -0.05) is 36.4 Å². The van der Waals surface area contributed by atoms with Crippen molar-refractivity contribution in [2.24, 2.45) is 0 Å². The Morgan fingerprint density at radius 2 is 1.59 bits per heavy atom. The molecule has 0 unspecified atom stereocenters. The molecule has 0 bridgehead atoms. The second-order valence-electron chi connectivity index (χ2n) is 8.58. The molecule has 0 radical (unpaired) electrons. The van der Waals surface area contributed by atoms with Gasteiger partial charge in [0, 0.05) is 49.7 Å². The molecule has 1 saturated heterocycles. The summed E-state index contributed by atoms with van der Waals surface area (Å²) in [6, 6.07) is 21.8. The van der Waals surface area contributed by atoms with Crippen LogP contribution in [0.4, 0.5) is 11.4 Å². The minimum absolute atomic E-state index is 0.0986. The first-order chi connectivity index (χ1) is 16.3. The van der Waals surface area contributed by atoms with Gasteiger partial charge in [0.05, 0.1) is 4.90 Å². The van der Waals surface area contributed by atoms with E-state index in [2.05, 4.69) is 26.9 Å². The molecule has 34 heavy (non-hydrogen) atoms. The Kier molecular flexibility index (Phi) is 7.31. The van der Waals surface area contributed by atoms with E-state index in [1.807, 2.05) is 54.6 Å². The summed E-state index contributed by atoms with van der Waals surface area (Å²) < 4.78 is 28.5. The van der Waals surface area contributed by atoms with Crippen LogP contribution in [-0.2, 0) is 16.6 Å². The smallest absolute Gasteiger partial charge is 0.255 e. The molecule has 1 aliphatic rings. The van der Waals surface area contributed by atoms with E-state index in [-0.39, 0.29) is 22.9 Å². The quantitative estimate of drug-likeness (QED) is 0.543. The van der Waals surface area contributed by atoms with Crippen LogP contribution in [0, 0.1) is 6.92 Å². The lowest BCUT2D eigenvalue weighted by Gasteiger charge is -2.34. The molecule has 8 heteroatoms.